The lowest BCUT2D eigenvalue weighted by Gasteiger charge is -2.15. The second-order valence-electron chi connectivity index (χ2n) is 3.04. The molecule has 1 aromatic heterocycles. The van der Waals surface area contributed by atoms with Gasteiger partial charge in [0.2, 0.25) is 0 Å². The van der Waals surface area contributed by atoms with E-state index in [0.717, 1.165) is 23.1 Å². The summed E-state index contributed by atoms with van der Waals surface area (Å²) in [5.74, 6) is 0. The highest BCUT2D eigenvalue weighted by Crippen LogP contribution is 2.16. The Bertz CT molecular complexity index is 282. The Morgan fingerprint density at radius 1 is 1.64 bits per heavy atom. The fourth-order valence-corrected chi connectivity index (χ4v) is 1.55. The number of halogens is 1. The lowest BCUT2D eigenvalue weighted by Crippen LogP contribution is -2.21. The van der Waals surface area contributed by atoms with Crippen LogP contribution in [0.4, 0.5) is 0 Å². The first-order valence-electron chi connectivity index (χ1n) is 4.73. The Labute approximate surface area is 93.6 Å². The predicted molar refractivity (Wildman–Crippen MR) is 63.2 cm³/mol. The molecule has 0 aliphatic rings. The van der Waals surface area contributed by atoms with E-state index in [2.05, 4.69) is 39.7 Å². The van der Waals surface area contributed by atoms with Crippen molar-refractivity contribution in [2.75, 3.05) is 6.54 Å². The van der Waals surface area contributed by atoms with E-state index in [0.29, 0.717) is 0 Å². The first-order valence-corrected chi connectivity index (χ1v) is 5.53. The van der Waals surface area contributed by atoms with Crippen LogP contribution in [0.2, 0.25) is 0 Å². The Morgan fingerprint density at radius 3 is 2.93 bits per heavy atom. The summed E-state index contributed by atoms with van der Waals surface area (Å²) in [4.78, 5) is 4.36. The minimum Gasteiger partial charge on any atom is -0.309 e. The minimum absolute atomic E-state index is 0.283. The fourth-order valence-electron chi connectivity index (χ4n) is 1.32. The van der Waals surface area contributed by atoms with Crippen LogP contribution >= 0.6 is 15.9 Å². The van der Waals surface area contributed by atoms with E-state index in [9.17, 15) is 0 Å². The average molecular weight is 255 g/mol. The van der Waals surface area contributed by atoms with Crippen molar-refractivity contribution >= 4 is 15.9 Å². The highest BCUT2D eigenvalue weighted by molar-refractivity contribution is 9.10. The van der Waals surface area contributed by atoms with Gasteiger partial charge in [0.05, 0.1) is 11.7 Å². The van der Waals surface area contributed by atoms with Crippen molar-refractivity contribution in [1.29, 1.82) is 0 Å². The van der Waals surface area contributed by atoms with Crippen LogP contribution in [-0.2, 0) is 0 Å². The molecule has 0 bridgehead atoms. The first-order chi connectivity index (χ1) is 6.77. The summed E-state index contributed by atoms with van der Waals surface area (Å²) in [6.45, 7) is 6.78. The molecule has 0 saturated heterocycles. The maximum Gasteiger partial charge on any atom is 0.0577 e. The van der Waals surface area contributed by atoms with Gasteiger partial charge in [0, 0.05) is 10.7 Å². The average Bonchev–Trinajstić information content (AvgIpc) is 2.19. The molecule has 0 amide bonds. The maximum absolute atomic E-state index is 4.36. The van der Waals surface area contributed by atoms with Gasteiger partial charge in [-0.2, -0.15) is 0 Å². The van der Waals surface area contributed by atoms with Gasteiger partial charge in [0.15, 0.2) is 0 Å². The van der Waals surface area contributed by atoms with Gasteiger partial charge in [-0.05, 0) is 41.0 Å². The lowest BCUT2D eigenvalue weighted by molar-refractivity contribution is 0.545. The second kappa shape index (κ2) is 5.94. The molecule has 0 fully saturated rings. The van der Waals surface area contributed by atoms with E-state index < -0.39 is 0 Å². The van der Waals surface area contributed by atoms with Crippen LogP contribution in [0.1, 0.15) is 25.1 Å². The summed E-state index contributed by atoms with van der Waals surface area (Å²) >= 11 is 3.37. The van der Waals surface area contributed by atoms with E-state index >= 15 is 0 Å². The van der Waals surface area contributed by atoms with E-state index in [-0.39, 0.29) is 6.04 Å². The van der Waals surface area contributed by atoms with Crippen LogP contribution in [0.15, 0.2) is 35.5 Å². The summed E-state index contributed by atoms with van der Waals surface area (Å²) in [6, 6.07) is 4.32. The van der Waals surface area contributed by atoms with E-state index in [4.69, 9.17) is 0 Å². The van der Waals surface area contributed by atoms with Crippen LogP contribution in [-0.4, -0.2) is 11.5 Å². The second-order valence-corrected chi connectivity index (χ2v) is 3.95. The molecule has 1 atom stereocenters. The van der Waals surface area contributed by atoms with Gasteiger partial charge < -0.3 is 5.32 Å². The van der Waals surface area contributed by atoms with Crippen molar-refractivity contribution < 1.29 is 0 Å². The standard InChI is InChI=1S/C11H15BrN2/c1-3-5-10(13-4-2)11-7-6-9(12)8-14-11/h3,6-8,10,13H,1,4-5H2,2H3. The molecule has 0 aliphatic heterocycles. The summed E-state index contributed by atoms with van der Waals surface area (Å²) in [6.07, 6.45) is 4.64. The minimum atomic E-state index is 0.283. The topological polar surface area (TPSA) is 24.9 Å². The van der Waals surface area contributed by atoms with Crippen molar-refractivity contribution in [3.8, 4) is 0 Å². The largest absolute Gasteiger partial charge is 0.309 e. The Kier molecular flexibility index (Phi) is 4.84. The van der Waals surface area contributed by atoms with Crippen molar-refractivity contribution in [1.82, 2.24) is 10.3 Å². The number of hydrogen-bond acceptors (Lipinski definition) is 2. The monoisotopic (exact) mass is 254 g/mol. The number of pyridine rings is 1. The third kappa shape index (κ3) is 3.24. The Balaban J connectivity index is 2.76. The molecular formula is C11H15BrN2. The molecule has 0 saturated carbocycles. The number of hydrogen-bond donors (Lipinski definition) is 1. The zero-order valence-electron chi connectivity index (χ0n) is 8.33. The quantitative estimate of drug-likeness (QED) is 0.818. The number of rotatable bonds is 5. The number of nitrogens with one attached hydrogen (secondary N) is 1. The fraction of sp³-hybridized carbons (Fsp3) is 0.364. The lowest BCUT2D eigenvalue weighted by atomic mass is 10.1. The zero-order chi connectivity index (χ0) is 10.4. The summed E-state index contributed by atoms with van der Waals surface area (Å²) in [5.41, 5.74) is 1.06. The predicted octanol–water partition coefficient (Wildman–Crippen LogP) is 3.07. The van der Waals surface area contributed by atoms with E-state index in [1.165, 1.54) is 0 Å². The van der Waals surface area contributed by atoms with Crippen LogP contribution in [0.25, 0.3) is 0 Å². The van der Waals surface area contributed by atoms with Gasteiger partial charge in [0.25, 0.3) is 0 Å². The van der Waals surface area contributed by atoms with Gasteiger partial charge in [-0.1, -0.05) is 13.0 Å². The molecule has 1 rings (SSSR count). The van der Waals surface area contributed by atoms with Crippen molar-refractivity contribution in [3.63, 3.8) is 0 Å². The summed E-state index contributed by atoms with van der Waals surface area (Å²) in [5, 5.41) is 3.37. The number of nitrogens with zero attached hydrogens (tertiary/aromatic N) is 1. The third-order valence-electron chi connectivity index (χ3n) is 1.96. The molecule has 1 unspecified atom stereocenters. The van der Waals surface area contributed by atoms with E-state index in [1.807, 2.05) is 24.4 Å². The molecule has 2 nitrogen and oxygen atoms in total. The van der Waals surface area contributed by atoms with Crippen LogP contribution < -0.4 is 5.32 Å². The van der Waals surface area contributed by atoms with Gasteiger partial charge in [-0.15, -0.1) is 6.58 Å². The SMILES string of the molecule is C=CCC(NCC)c1ccc(Br)cn1. The van der Waals surface area contributed by atoms with Gasteiger partial charge in [-0.3, -0.25) is 4.98 Å². The molecule has 0 spiro atoms. The third-order valence-corrected chi connectivity index (χ3v) is 2.43. The maximum atomic E-state index is 4.36. The van der Waals surface area contributed by atoms with Gasteiger partial charge in [-0.25, -0.2) is 0 Å². The molecule has 1 N–H and O–H groups in total. The van der Waals surface area contributed by atoms with Gasteiger partial charge in [0.1, 0.15) is 0 Å². The molecule has 0 aliphatic carbocycles. The number of aromatic nitrogens is 1. The summed E-state index contributed by atoms with van der Waals surface area (Å²) < 4.78 is 1.01. The van der Waals surface area contributed by atoms with Gasteiger partial charge >= 0.3 is 0 Å². The highest BCUT2D eigenvalue weighted by atomic mass is 79.9. The zero-order valence-corrected chi connectivity index (χ0v) is 9.92. The molecular weight excluding hydrogens is 240 g/mol. The van der Waals surface area contributed by atoms with Crippen LogP contribution in [0.3, 0.4) is 0 Å². The van der Waals surface area contributed by atoms with Crippen molar-refractivity contribution in [3.05, 3.63) is 41.2 Å². The normalized spacial score (nSPS) is 12.4. The van der Waals surface area contributed by atoms with Crippen molar-refractivity contribution in [2.45, 2.75) is 19.4 Å². The summed E-state index contributed by atoms with van der Waals surface area (Å²) in [7, 11) is 0. The molecule has 0 radical (unpaired) electrons. The Morgan fingerprint density at radius 2 is 2.43 bits per heavy atom. The highest BCUT2D eigenvalue weighted by Gasteiger charge is 2.08. The molecule has 1 aromatic rings. The Hall–Kier alpha value is -0.670. The van der Waals surface area contributed by atoms with Crippen LogP contribution in [0.5, 0.6) is 0 Å². The van der Waals surface area contributed by atoms with Crippen molar-refractivity contribution in [2.24, 2.45) is 0 Å². The molecule has 14 heavy (non-hydrogen) atoms. The molecule has 0 aromatic carbocycles. The molecule has 76 valence electrons. The van der Waals surface area contributed by atoms with E-state index in [1.54, 1.807) is 0 Å². The molecule has 1 heterocycles. The molecule has 3 heteroatoms. The smallest absolute Gasteiger partial charge is 0.0577 e. The first kappa shape index (κ1) is 11.4. The van der Waals surface area contributed by atoms with Crippen LogP contribution in [0, 0.1) is 0 Å².